The van der Waals surface area contributed by atoms with Gasteiger partial charge in [0.25, 0.3) is 0 Å². The Balaban J connectivity index is 2.46. The number of rotatable bonds is 2. The van der Waals surface area contributed by atoms with Crippen LogP contribution in [0.4, 0.5) is 0 Å². The van der Waals surface area contributed by atoms with Gasteiger partial charge in [0.2, 0.25) is 0 Å². The van der Waals surface area contributed by atoms with Gasteiger partial charge in [-0.05, 0) is 69.5 Å². The summed E-state index contributed by atoms with van der Waals surface area (Å²) in [4.78, 5) is 0. The average molecular weight is 517 g/mol. The molecule has 0 saturated heterocycles. The van der Waals surface area contributed by atoms with Gasteiger partial charge >= 0.3 is 0 Å². The van der Waals surface area contributed by atoms with Crippen molar-refractivity contribution in [3.63, 3.8) is 0 Å². The second kappa shape index (κ2) is 9.36. The molecule has 0 heterocycles. The second-order valence-corrected chi connectivity index (χ2v) is 15.0. The standard InChI is InChI=1S/C35H48O3/c1-20-14-23(25-16-21(32(2,3)4)18-27(30(25)37)34(8,9)10)29(36)24(15-20)26-17-22(33(5,6)7)19-28(31(26)38)35(11,12)13/h14-19,36-38H,1-13H3. The summed E-state index contributed by atoms with van der Waals surface area (Å²) in [6.45, 7) is 27.4. The lowest BCUT2D eigenvalue weighted by Gasteiger charge is -2.29. The Hall–Kier alpha value is -2.94. The number of hydrogen-bond acceptors (Lipinski definition) is 3. The molecule has 3 aromatic carbocycles. The van der Waals surface area contributed by atoms with Crippen molar-refractivity contribution in [1.29, 1.82) is 0 Å². The molecule has 0 amide bonds. The average Bonchev–Trinajstić information content (AvgIpc) is 2.72. The normalized spacial score (nSPS) is 13.2. The second-order valence-electron chi connectivity index (χ2n) is 15.0. The van der Waals surface area contributed by atoms with Crippen LogP contribution in [0.1, 0.15) is 111 Å². The maximum Gasteiger partial charge on any atom is 0.131 e. The van der Waals surface area contributed by atoms with E-state index < -0.39 is 0 Å². The first-order chi connectivity index (χ1) is 17.0. The molecule has 0 radical (unpaired) electrons. The number of hydrogen-bond donors (Lipinski definition) is 3. The topological polar surface area (TPSA) is 60.7 Å². The van der Waals surface area contributed by atoms with Crippen molar-refractivity contribution >= 4 is 0 Å². The van der Waals surface area contributed by atoms with Crippen LogP contribution in [-0.2, 0) is 21.7 Å². The highest BCUT2D eigenvalue weighted by Crippen LogP contribution is 2.50. The lowest BCUT2D eigenvalue weighted by Crippen LogP contribution is -2.17. The van der Waals surface area contributed by atoms with Gasteiger partial charge in [-0.3, -0.25) is 0 Å². The van der Waals surface area contributed by atoms with Crippen molar-refractivity contribution in [2.24, 2.45) is 0 Å². The highest BCUT2D eigenvalue weighted by atomic mass is 16.3. The molecule has 0 aliphatic heterocycles. The maximum atomic E-state index is 11.8. The summed E-state index contributed by atoms with van der Waals surface area (Å²) >= 11 is 0. The van der Waals surface area contributed by atoms with Crippen LogP contribution in [0.3, 0.4) is 0 Å². The summed E-state index contributed by atoms with van der Waals surface area (Å²) in [5.41, 5.74) is 6.26. The van der Waals surface area contributed by atoms with E-state index in [-0.39, 0.29) is 38.9 Å². The summed E-state index contributed by atoms with van der Waals surface area (Å²) in [7, 11) is 0. The predicted molar refractivity (Wildman–Crippen MR) is 162 cm³/mol. The van der Waals surface area contributed by atoms with E-state index in [2.05, 4.69) is 95.2 Å². The highest BCUT2D eigenvalue weighted by Gasteiger charge is 2.29. The number of aromatic hydroxyl groups is 3. The number of aryl methyl sites for hydroxylation is 1. The summed E-state index contributed by atoms with van der Waals surface area (Å²) in [5, 5.41) is 34.9. The Morgan fingerprint density at radius 2 is 0.684 bits per heavy atom. The minimum Gasteiger partial charge on any atom is -0.507 e. The third-order valence-corrected chi connectivity index (χ3v) is 7.40. The van der Waals surface area contributed by atoms with Crippen LogP contribution in [0, 0.1) is 6.92 Å². The van der Waals surface area contributed by atoms with Crippen LogP contribution >= 0.6 is 0 Å². The number of phenolic OH excluding ortho intramolecular Hbond substituents is 3. The molecule has 3 heteroatoms. The smallest absolute Gasteiger partial charge is 0.131 e. The molecular weight excluding hydrogens is 468 g/mol. The fourth-order valence-corrected chi connectivity index (χ4v) is 4.88. The van der Waals surface area contributed by atoms with E-state index in [0.29, 0.717) is 22.3 Å². The molecule has 0 fully saturated rings. The molecule has 0 saturated carbocycles. The lowest BCUT2D eigenvalue weighted by atomic mass is 9.77. The molecule has 3 nitrogen and oxygen atoms in total. The summed E-state index contributed by atoms with van der Waals surface area (Å²) < 4.78 is 0. The third-order valence-electron chi connectivity index (χ3n) is 7.40. The Labute approximate surface area is 230 Å². The van der Waals surface area contributed by atoms with E-state index in [4.69, 9.17) is 0 Å². The van der Waals surface area contributed by atoms with Gasteiger partial charge in [-0.2, -0.15) is 0 Å². The van der Waals surface area contributed by atoms with Crippen molar-refractivity contribution in [2.45, 2.75) is 112 Å². The van der Waals surface area contributed by atoms with Crippen molar-refractivity contribution in [1.82, 2.24) is 0 Å². The molecule has 38 heavy (non-hydrogen) atoms. The van der Waals surface area contributed by atoms with Gasteiger partial charge in [0.05, 0.1) is 0 Å². The molecule has 206 valence electrons. The molecule has 3 aromatic rings. The molecule has 0 atom stereocenters. The fraction of sp³-hybridized carbons (Fsp3) is 0.486. The van der Waals surface area contributed by atoms with E-state index in [1.165, 1.54) is 0 Å². The molecule has 0 aromatic heterocycles. The van der Waals surface area contributed by atoms with E-state index in [1.54, 1.807) is 0 Å². The monoisotopic (exact) mass is 516 g/mol. The summed E-state index contributed by atoms with van der Waals surface area (Å²) in [6, 6.07) is 12.0. The quantitative estimate of drug-likeness (QED) is 0.318. The largest absolute Gasteiger partial charge is 0.507 e. The van der Waals surface area contributed by atoms with E-state index in [1.807, 2.05) is 31.2 Å². The van der Waals surface area contributed by atoms with Crippen LogP contribution in [0.25, 0.3) is 22.3 Å². The first kappa shape index (κ1) is 29.6. The molecule has 0 unspecified atom stereocenters. The SMILES string of the molecule is Cc1cc(-c2cc(C(C)(C)C)cc(C(C)(C)C)c2O)c(O)c(-c2cc(C(C)(C)C)cc(C(C)(C)C)c2O)c1. The number of benzene rings is 3. The van der Waals surface area contributed by atoms with Crippen molar-refractivity contribution < 1.29 is 15.3 Å². The van der Waals surface area contributed by atoms with Gasteiger partial charge in [0, 0.05) is 33.4 Å². The first-order valence-corrected chi connectivity index (χ1v) is 13.6. The molecule has 0 spiro atoms. The van der Waals surface area contributed by atoms with Crippen molar-refractivity contribution in [2.75, 3.05) is 0 Å². The molecule has 3 N–H and O–H groups in total. The van der Waals surface area contributed by atoms with Crippen LogP contribution in [0.5, 0.6) is 17.2 Å². The Morgan fingerprint density at radius 1 is 0.395 bits per heavy atom. The Morgan fingerprint density at radius 3 is 0.947 bits per heavy atom. The lowest BCUT2D eigenvalue weighted by molar-refractivity contribution is 0.443. The van der Waals surface area contributed by atoms with Crippen LogP contribution in [0.2, 0.25) is 0 Å². The van der Waals surface area contributed by atoms with E-state index in [9.17, 15) is 15.3 Å². The fourth-order valence-electron chi connectivity index (χ4n) is 4.88. The first-order valence-electron chi connectivity index (χ1n) is 13.6. The molecule has 0 aliphatic carbocycles. The minimum absolute atomic E-state index is 0.0537. The van der Waals surface area contributed by atoms with E-state index >= 15 is 0 Å². The zero-order chi connectivity index (χ0) is 29.2. The summed E-state index contributed by atoms with van der Waals surface area (Å²) in [5.74, 6) is 0.416. The van der Waals surface area contributed by atoms with Gasteiger partial charge < -0.3 is 15.3 Å². The molecule has 3 rings (SSSR count). The highest BCUT2D eigenvalue weighted by molar-refractivity contribution is 5.88. The third kappa shape index (κ3) is 5.72. The summed E-state index contributed by atoms with van der Waals surface area (Å²) in [6.07, 6.45) is 0. The minimum atomic E-state index is -0.288. The Kier molecular flexibility index (Phi) is 7.30. The van der Waals surface area contributed by atoms with Crippen molar-refractivity contribution in [3.05, 3.63) is 64.2 Å². The Bertz CT molecular complexity index is 1260. The molecule has 0 bridgehead atoms. The van der Waals surface area contributed by atoms with Gasteiger partial charge in [0.15, 0.2) is 0 Å². The number of phenols is 3. The zero-order valence-electron chi connectivity index (χ0n) is 25.8. The van der Waals surface area contributed by atoms with Crippen molar-refractivity contribution in [3.8, 4) is 39.5 Å². The van der Waals surface area contributed by atoms with Gasteiger partial charge in [-0.25, -0.2) is 0 Å². The van der Waals surface area contributed by atoms with Crippen LogP contribution in [0.15, 0.2) is 36.4 Å². The van der Waals surface area contributed by atoms with Crippen LogP contribution < -0.4 is 0 Å². The van der Waals surface area contributed by atoms with Crippen LogP contribution in [-0.4, -0.2) is 15.3 Å². The maximum absolute atomic E-state index is 11.8. The zero-order valence-corrected chi connectivity index (χ0v) is 25.8. The van der Waals surface area contributed by atoms with Gasteiger partial charge in [-0.15, -0.1) is 0 Å². The van der Waals surface area contributed by atoms with Gasteiger partial charge in [-0.1, -0.05) is 95.2 Å². The molecular formula is C35H48O3. The predicted octanol–water partition coefficient (Wildman–Crippen LogP) is 9.64. The molecule has 0 aliphatic rings. The van der Waals surface area contributed by atoms with E-state index in [0.717, 1.165) is 27.8 Å². The van der Waals surface area contributed by atoms with Gasteiger partial charge in [0.1, 0.15) is 17.2 Å².